The molecule has 18 heavy (non-hydrogen) atoms. The molecule has 0 spiro atoms. The van der Waals surface area contributed by atoms with Crippen LogP contribution in [0.3, 0.4) is 0 Å². The van der Waals surface area contributed by atoms with Crippen molar-refractivity contribution in [2.24, 2.45) is 0 Å². The lowest BCUT2D eigenvalue weighted by molar-refractivity contribution is -0.0512. The molecule has 1 aliphatic carbocycles. The number of methoxy groups -OCH3 is 1. The van der Waals surface area contributed by atoms with E-state index in [-0.39, 0.29) is 23.4 Å². The Morgan fingerprint density at radius 2 is 2.11 bits per heavy atom. The Labute approximate surface area is 103 Å². The van der Waals surface area contributed by atoms with E-state index in [2.05, 4.69) is 10.1 Å². The van der Waals surface area contributed by atoms with Crippen LogP contribution in [0.25, 0.3) is 0 Å². The van der Waals surface area contributed by atoms with Crippen molar-refractivity contribution in [1.29, 1.82) is 0 Å². The number of rotatable bonds is 5. The SMILES string of the molecule is COc1cc(C(=O)NC2CC2)ccc1OC(F)F. The summed E-state index contributed by atoms with van der Waals surface area (Å²) in [5, 5.41) is 2.80. The maximum atomic E-state index is 12.1. The number of alkyl halides is 2. The summed E-state index contributed by atoms with van der Waals surface area (Å²) in [6.07, 6.45) is 1.96. The highest BCUT2D eigenvalue weighted by Crippen LogP contribution is 2.29. The second kappa shape index (κ2) is 5.20. The summed E-state index contributed by atoms with van der Waals surface area (Å²) < 4.78 is 33.4. The molecule has 98 valence electrons. The third-order valence-corrected chi connectivity index (χ3v) is 2.55. The molecule has 1 amide bonds. The number of carbonyl (C=O) groups is 1. The van der Waals surface area contributed by atoms with Crippen LogP contribution in [0, 0.1) is 0 Å². The second-order valence-electron chi connectivity index (χ2n) is 3.99. The molecule has 2 rings (SSSR count). The molecule has 0 atom stereocenters. The van der Waals surface area contributed by atoms with Crippen molar-refractivity contribution in [3.63, 3.8) is 0 Å². The molecule has 1 aromatic carbocycles. The fraction of sp³-hybridized carbons (Fsp3) is 0.417. The van der Waals surface area contributed by atoms with Gasteiger partial charge in [-0.05, 0) is 31.0 Å². The van der Waals surface area contributed by atoms with E-state index in [1.807, 2.05) is 0 Å². The minimum Gasteiger partial charge on any atom is -0.493 e. The van der Waals surface area contributed by atoms with Gasteiger partial charge in [-0.3, -0.25) is 4.79 Å². The van der Waals surface area contributed by atoms with E-state index >= 15 is 0 Å². The number of amides is 1. The van der Waals surface area contributed by atoms with E-state index in [1.165, 1.54) is 25.3 Å². The first kappa shape index (κ1) is 12.6. The lowest BCUT2D eigenvalue weighted by Crippen LogP contribution is -2.25. The number of benzene rings is 1. The predicted molar refractivity (Wildman–Crippen MR) is 60.1 cm³/mol. The average Bonchev–Trinajstić information content (AvgIpc) is 3.12. The van der Waals surface area contributed by atoms with Crippen LogP contribution < -0.4 is 14.8 Å². The van der Waals surface area contributed by atoms with Crippen molar-refractivity contribution < 1.29 is 23.0 Å². The van der Waals surface area contributed by atoms with Gasteiger partial charge in [0.05, 0.1) is 7.11 Å². The van der Waals surface area contributed by atoms with E-state index in [9.17, 15) is 13.6 Å². The highest BCUT2D eigenvalue weighted by molar-refractivity contribution is 5.95. The summed E-state index contributed by atoms with van der Waals surface area (Å²) in [7, 11) is 1.33. The first-order valence-electron chi connectivity index (χ1n) is 5.54. The van der Waals surface area contributed by atoms with Crippen molar-refractivity contribution in [1.82, 2.24) is 5.32 Å². The molecule has 0 unspecified atom stereocenters. The van der Waals surface area contributed by atoms with Gasteiger partial charge in [-0.1, -0.05) is 0 Å². The number of carbonyl (C=O) groups excluding carboxylic acids is 1. The van der Waals surface area contributed by atoms with Gasteiger partial charge in [-0.2, -0.15) is 8.78 Å². The molecule has 0 bridgehead atoms. The lowest BCUT2D eigenvalue weighted by Gasteiger charge is -2.11. The molecule has 0 saturated heterocycles. The van der Waals surface area contributed by atoms with E-state index in [1.54, 1.807) is 0 Å². The summed E-state index contributed by atoms with van der Waals surface area (Å²) in [5.74, 6) is -0.214. The molecule has 6 heteroatoms. The van der Waals surface area contributed by atoms with Crippen molar-refractivity contribution in [3.05, 3.63) is 23.8 Å². The maximum absolute atomic E-state index is 12.1. The van der Waals surface area contributed by atoms with Gasteiger partial charge in [-0.15, -0.1) is 0 Å². The van der Waals surface area contributed by atoms with E-state index in [0.717, 1.165) is 12.8 Å². The van der Waals surface area contributed by atoms with Crippen molar-refractivity contribution >= 4 is 5.91 Å². The molecular formula is C12H13F2NO3. The predicted octanol–water partition coefficient (Wildman–Crippen LogP) is 2.19. The van der Waals surface area contributed by atoms with E-state index in [0.29, 0.717) is 5.56 Å². The molecule has 4 nitrogen and oxygen atoms in total. The zero-order valence-corrected chi connectivity index (χ0v) is 9.78. The zero-order chi connectivity index (χ0) is 13.1. The topological polar surface area (TPSA) is 47.6 Å². The third-order valence-electron chi connectivity index (χ3n) is 2.55. The largest absolute Gasteiger partial charge is 0.493 e. The van der Waals surface area contributed by atoms with Crippen LogP contribution in [0.15, 0.2) is 18.2 Å². The van der Waals surface area contributed by atoms with Gasteiger partial charge < -0.3 is 14.8 Å². The fourth-order valence-electron chi connectivity index (χ4n) is 1.50. The van der Waals surface area contributed by atoms with Crippen LogP contribution in [0.1, 0.15) is 23.2 Å². The van der Waals surface area contributed by atoms with Gasteiger partial charge in [0.1, 0.15) is 0 Å². The number of nitrogens with one attached hydrogen (secondary N) is 1. The molecule has 0 aromatic heterocycles. The van der Waals surface area contributed by atoms with Crippen LogP contribution in [0.5, 0.6) is 11.5 Å². The molecule has 1 fully saturated rings. The minimum atomic E-state index is -2.93. The van der Waals surface area contributed by atoms with E-state index < -0.39 is 6.61 Å². The van der Waals surface area contributed by atoms with Crippen LogP contribution in [-0.2, 0) is 0 Å². The average molecular weight is 257 g/mol. The zero-order valence-electron chi connectivity index (χ0n) is 9.78. The maximum Gasteiger partial charge on any atom is 0.387 e. The van der Waals surface area contributed by atoms with Gasteiger partial charge in [-0.25, -0.2) is 0 Å². The molecule has 0 heterocycles. The third kappa shape index (κ3) is 3.09. The van der Waals surface area contributed by atoms with Crippen LogP contribution in [-0.4, -0.2) is 25.7 Å². The standard InChI is InChI=1S/C12H13F2NO3/c1-17-10-6-7(11(16)15-8-3-4-8)2-5-9(10)18-12(13)14/h2,5-6,8,12H,3-4H2,1H3,(H,15,16). The monoisotopic (exact) mass is 257 g/mol. The number of hydrogen-bond donors (Lipinski definition) is 1. The van der Waals surface area contributed by atoms with Crippen molar-refractivity contribution in [2.45, 2.75) is 25.5 Å². The number of ether oxygens (including phenoxy) is 2. The van der Waals surface area contributed by atoms with Gasteiger partial charge in [0.2, 0.25) is 0 Å². The summed E-state index contributed by atoms with van der Waals surface area (Å²) in [6.45, 7) is -2.93. The second-order valence-corrected chi connectivity index (χ2v) is 3.99. The Kier molecular flexibility index (Phi) is 3.64. The van der Waals surface area contributed by atoms with Gasteiger partial charge >= 0.3 is 6.61 Å². The Bertz CT molecular complexity index is 447. The van der Waals surface area contributed by atoms with Crippen LogP contribution in [0.2, 0.25) is 0 Å². The first-order chi connectivity index (χ1) is 8.60. The quantitative estimate of drug-likeness (QED) is 0.879. The molecular weight excluding hydrogens is 244 g/mol. The van der Waals surface area contributed by atoms with Crippen LogP contribution in [0.4, 0.5) is 8.78 Å². The summed E-state index contributed by atoms with van der Waals surface area (Å²) in [4.78, 5) is 11.7. The molecule has 1 saturated carbocycles. The normalized spacial score (nSPS) is 14.4. The van der Waals surface area contributed by atoms with Gasteiger partial charge in [0.25, 0.3) is 5.91 Å². The molecule has 1 N–H and O–H groups in total. The summed E-state index contributed by atoms with van der Waals surface area (Å²) >= 11 is 0. The highest BCUT2D eigenvalue weighted by atomic mass is 19.3. The van der Waals surface area contributed by atoms with E-state index in [4.69, 9.17) is 4.74 Å². The molecule has 1 aliphatic rings. The Hall–Kier alpha value is -1.85. The minimum absolute atomic E-state index is 0.0875. The lowest BCUT2D eigenvalue weighted by atomic mass is 10.2. The van der Waals surface area contributed by atoms with Crippen molar-refractivity contribution in [3.8, 4) is 11.5 Å². The number of halogens is 2. The first-order valence-corrected chi connectivity index (χ1v) is 5.54. The Balaban J connectivity index is 2.14. The Morgan fingerprint density at radius 1 is 1.39 bits per heavy atom. The molecule has 1 aromatic rings. The van der Waals surface area contributed by atoms with Gasteiger partial charge in [0, 0.05) is 11.6 Å². The van der Waals surface area contributed by atoms with Crippen LogP contribution >= 0.6 is 0 Å². The fourth-order valence-corrected chi connectivity index (χ4v) is 1.50. The number of hydrogen-bond acceptors (Lipinski definition) is 3. The highest BCUT2D eigenvalue weighted by Gasteiger charge is 2.24. The van der Waals surface area contributed by atoms with Gasteiger partial charge in [0.15, 0.2) is 11.5 Å². The Morgan fingerprint density at radius 3 is 2.67 bits per heavy atom. The molecule has 0 radical (unpaired) electrons. The van der Waals surface area contributed by atoms with Crippen molar-refractivity contribution in [2.75, 3.05) is 7.11 Å². The molecule has 0 aliphatic heterocycles. The smallest absolute Gasteiger partial charge is 0.387 e. The summed E-state index contributed by atoms with van der Waals surface area (Å²) in [5.41, 5.74) is 0.361. The summed E-state index contributed by atoms with van der Waals surface area (Å²) in [6, 6.07) is 4.35.